The molecule has 2 aromatic heterocycles. The lowest BCUT2D eigenvalue weighted by Gasteiger charge is -2.47. The van der Waals surface area contributed by atoms with Crippen molar-refractivity contribution in [3.05, 3.63) is 158 Å². The number of carbonyl (C=O) groups is 3. The minimum Gasteiger partial charge on any atom is -0.493 e. The lowest BCUT2D eigenvalue weighted by molar-refractivity contribution is -0.131. The van der Waals surface area contributed by atoms with Gasteiger partial charge in [-0.1, -0.05) is 74.3 Å². The van der Waals surface area contributed by atoms with Gasteiger partial charge in [0.1, 0.15) is 46.1 Å². The van der Waals surface area contributed by atoms with Crippen LogP contribution < -0.4 is 15.4 Å². The number of benzene rings is 4. The third kappa shape index (κ3) is 12.7. The lowest BCUT2D eigenvalue weighted by atomic mass is 9.71. The minimum absolute atomic E-state index is 0.0241. The molecule has 0 spiro atoms. The summed E-state index contributed by atoms with van der Waals surface area (Å²) in [7, 11) is 1.71. The fourth-order valence-corrected chi connectivity index (χ4v) is 13.3. The molecule has 3 atom stereocenters. The van der Waals surface area contributed by atoms with Crippen molar-refractivity contribution in [2.24, 2.45) is 4.99 Å². The molecule has 11 rings (SSSR count). The summed E-state index contributed by atoms with van der Waals surface area (Å²) in [4.78, 5) is 65.4. The van der Waals surface area contributed by atoms with Crippen LogP contribution in [0.25, 0.3) is 11.1 Å². The van der Waals surface area contributed by atoms with Gasteiger partial charge in [-0.3, -0.25) is 29.1 Å². The molecule has 18 nitrogen and oxygen atoms in total. The van der Waals surface area contributed by atoms with Gasteiger partial charge in [0.2, 0.25) is 5.91 Å². The lowest BCUT2D eigenvalue weighted by Crippen LogP contribution is -2.60. The monoisotopic (exact) mass is 1250 g/mol. The van der Waals surface area contributed by atoms with E-state index >= 15 is 4.79 Å². The van der Waals surface area contributed by atoms with Crippen molar-refractivity contribution in [1.82, 2.24) is 39.3 Å². The SMILES string of the molecule is CCOc1cc(C(C)(C)C)ccc1C1=N[C@@](C)(c2ccc(Cl)cc2)[C@@](C)(c2ccc(Cl)cc2)N1C(=O)N1CCN(CCOCCOCCC(=O)N(C)CCn2nc3c(c2C#N)-c2cnc(N)c(c2)N2CCC[C@@H]2c2cc(F)ccc2C(=O)N(C2CC2)C3)CC1. The maximum absolute atomic E-state index is 15.6. The van der Waals surface area contributed by atoms with Crippen molar-refractivity contribution in [3.63, 3.8) is 0 Å². The Balaban J connectivity index is 0.688. The molecule has 2 saturated heterocycles. The third-order valence-electron chi connectivity index (χ3n) is 18.5. The van der Waals surface area contributed by atoms with Crippen LogP contribution in [0.15, 0.2) is 102 Å². The van der Waals surface area contributed by atoms with Crippen LogP contribution in [0.1, 0.15) is 129 Å². The molecule has 468 valence electrons. The molecular weight excluding hydrogens is 1170 g/mol. The number of carbonyl (C=O) groups excluding carboxylic acids is 3. The standard InChI is InChI=1S/C68H79Cl2FN12O6/c1-8-89-59-39-47(66(2,3)4)15-23-53(59)63-75-67(5,45-11-16-48(69)17-12-45)68(6,46-13-18-49(70)19-14-46)83(63)65(86)79-30-28-78(29-31-79)33-35-88-37-36-87-34-25-60(84)77(7)27-32-82-58(41-72)61-44-38-57(62(73)74-42-44)80-26-9-10-56(80)54-40-50(71)20-24-52(54)64(85)81(51-21-22-51)43-55(61)76-82/h11-20,23-24,38-40,42,51,56H,8-10,21-22,25-37,43H2,1-7H3,(H2,73,74)/t56-,67+,68-/m1/s1. The Labute approximate surface area is 530 Å². The number of nitriles is 1. The number of hydrogen-bond acceptors (Lipinski definition) is 13. The molecule has 89 heavy (non-hydrogen) atoms. The highest BCUT2D eigenvalue weighted by atomic mass is 35.5. The van der Waals surface area contributed by atoms with E-state index in [1.54, 1.807) is 33.8 Å². The summed E-state index contributed by atoms with van der Waals surface area (Å²) in [5.41, 5.74) is 11.7. The molecule has 2 N–H and O–H groups in total. The average Bonchev–Trinajstić information content (AvgIpc) is 1.56. The molecule has 4 aliphatic heterocycles. The van der Waals surface area contributed by atoms with Crippen LogP contribution in [-0.4, -0.2) is 155 Å². The molecule has 21 heteroatoms. The minimum atomic E-state index is -1.05. The normalized spacial score (nSPS) is 20.3. The zero-order valence-corrected chi connectivity index (χ0v) is 53.4. The Morgan fingerprint density at radius 2 is 1.53 bits per heavy atom. The van der Waals surface area contributed by atoms with E-state index in [4.69, 9.17) is 53.2 Å². The smallest absolute Gasteiger partial charge is 0.326 e. The number of piperazine rings is 1. The number of fused-ring (bicyclic) bond motifs is 8. The van der Waals surface area contributed by atoms with Crippen molar-refractivity contribution in [2.75, 3.05) is 96.5 Å². The Hall–Kier alpha value is -7.60. The molecular formula is C68H79Cl2FN12O6. The van der Waals surface area contributed by atoms with E-state index in [1.807, 2.05) is 77.4 Å². The first-order valence-corrected chi connectivity index (χ1v) is 31.7. The van der Waals surface area contributed by atoms with Gasteiger partial charge >= 0.3 is 6.03 Å². The zero-order valence-electron chi connectivity index (χ0n) is 51.9. The van der Waals surface area contributed by atoms with E-state index in [-0.39, 0.29) is 73.7 Å². The van der Waals surface area contributed by atoms with Crippen LogP contribution >= 0.6 is 23.2 Å². The molecule has 4 amide bonds. The maximum Gasteiger partial charge on any atom is 0.326 e. The average molecular weight is 1250 g/mol. The van der Waals surface area contributed by atoms with E-state index in [2.05, 4.69) is 67.6 Å². The summed E-state index contributed by atoms with van der Waals surface area (Å²) in [5.74, 6) is 0.709. The second kappa shape index (κ2) is 26.1. The Kier molecular flexibility index (Phi) is 18.5. The highest BCUT2D eigenvalue weighted by Gasteiger charge is 2.60. The zero-order chi connectivity index (χ0) is 62.9. The van der Waals surface area contributed by atoms with E-state index in [9.17, 15) is 19.2 Å². The Bertz CT molecular complexity index is 3690. The van der Waals surface area contributed by atoms with Gasteiger partial charge in [0.15, 0.2) is 0 Å². The van der Waals surface area contributed by atoms with Crippen molar-refractivity contribution in [3.8, 4) is 22.9 Å². The van der Waals surface area contributed by atoms with Gasteiger partial charge in [-0.15, -0.1) is 0 Å². The first-order chi connectivity index (χ1) is 42.7. The van der Waals surface area contributed by atoms with Gasteiger partial charge in [-0.2, -0.15) is 10.4 Å². The first kappa shape index (κ1) is 63.0. The number of nitrogens with two attached hydrogens (primary N) is 1. The predicted octanol–water partition coefficient (Wildman–Crippen LogP) is 11.2. The predicted molar refractivity (Wildman–Crippen MR) is 343 cm³/mol. The number of likely N-dealkylation sites (N-methyl/N-ethyl adjacent to an activating group) is 1. The number of halogens is 3. The van der Waals surface area contributed by atoms with Crippen LogP contribution in [0.2, 0.25) is 10.0 Å². The van der Waals surface area contributed by atoms with E-state index in [1.165, 1.54) is 12.1 Å². The number of aromatic nitrogens is 3. The fourth-order valence-electron chi connectivity index (χ4n) is 13.0. The van der Waals surface area contributed by atoms with Crippen LogP contribution in [0.5, 0.6) is 5.75 Å². The number of rotatable bonds is 18. The maximum atomic E-state index is 15.6. The van der Waals surface area contributed by atoms with Crippen LogP contribution in [-0.2, 0) is 43.9 Å². The van der Waals surface area contributed by atoms with Gasteiger partial charge in [-0.25, -0.2) is 14.2 Å². The molecule has 0 unspecified atom stereocenters. The van der Waals surface area contributed by atoms with Crippen molar-refractivity contribution in [2.45, 2.75) is 115 Å². The van der Waals surface area contributed by atoms with Crippen molar-refractivity contribution < 1.29 is 33.0 Å². The number of amides is 4. The number of amidine groups is 1. The third-order valence-corrected chi connectivity index (χ3v) is 19.0. The van der Waals surface area contributed by atoms with Gasteiger partial charge in [0.25, 0.3) is 5.91 Å². The summed E-state index contributed by atoms with van der Waals surface area (Å²) in [5, 5.41) is 16.9. The van der Waals surface area contributed by atoms with Crippen molar-refractivity contribution >= 4 is 58.4 Å². The molecule has 6 heterocycles. The summed E-state index contributed by atoms with van der Waals surface area (Å²) in [6, 6.07) is 29.8. The molecule has 0 radical (unpaired) electrons. The van der Waals surface area contributed by atoms with Gasteiger partial charge in [0, 0.05) is 91.8 Å². The molecule has 1 aliphatic carbocycles. The number of anilines is 2. The molecule has 2 bridgehead atoms. The topological polar surface area (TPSA) is 191 Å². The second-order valence-corrected chi connectivity index (χ2v) is 26.0. The number of hydrogen-bond donors (Lipinski definition) is 1. The highest BCUT2D eigenvalue weighted by molar-refractivity contribution is 6.30. The van der Waals surface area contributed by atoms with Gasteiger partial charge in [0.05, 0.1) is 75.5 Å². The molecule has 5 aliphatic rings. The summed E-state index contributed by atoms with van der Waals surface area (Å²) in [6.45, 7) is 18.5. The summed E-state index contributed by atoms with van der Waals surface area (Å²) < 4.78 is 34.9. The molecule has 3 fully saturated rings. The number of urea groups is 1. The summed E-state index contributed by atoms with van der Waals surface area (Å²) in [6.07, 6.45) is 4.94. The van der Waals surface area contributed by atoms with Gasteiger partial charge in [-0.05, 0) is 135 Å². The quantitative estimate of drug-likeness (QED) is 0.0802. The van der Waals surface area contributed by atoms with Crippen molar-refractivity contribution in [1.29, 1.82) is 5.26 Å². The molecule has 1 saturated carbocycles. The highest BCUT2D eigenvalue weighted by Crippen LogP contribution is 2.54. The number of ether oxygens (including phenoxy) is 3. The number of nitrogens with zero attached hydrogens (tertiary/aromatic N) is 11. The Morgan fingerprint density at radius 1 is 0.843 bits per heavy atom. The molecule has 4 aromatic carbocycles. The van der Waals surface area contributed by atoms with E-state index in [0.29, 0.717) is 133 Å². The van der Waals surface area contributed by atoms with E-state index in [0.717, 1.165) is 41.5 Å². The van der Waals surface area contributed by atoms with Crippen LogP contribution in [0.3, 0.4) is 0 Å². The number of aliphatic imine (C=N–C) groups is 1. The van der Waals surface area contributed by atoms with E-state index < -0.39 is 16.9 Å². The van der Waals surface area contributed by atoms with Crippen LogP contribution in [0.4, 0.5) is 20.7 Å². The number of nitrogen functional groups attached to an aromatic ring is 1. The summed E-state index contributed by atoms with van der Waals surface area (Å²) >= 11 is 13.0. The Morgan fingerprint density at radius 3 is 2.20 bits per heavy atom. The fraction of sp³-hybridized carbons (Fsp3) is 0.456. The molecule has 6 aromatic rings. The van der Waals surface area contributed by atoms with Gasteiger partial charge < -0.3 is 39.5 Å². The largest absolute Gasteiger partial charge is 0.493 e. The first-order valence-electron chi connectivity index (χ1n) is 31.0. The second-order valence-electron chi connectivity index (χ2n) is 25.1. The van der Waals surface area contributed by atoms with Crippen LogP contribution in [0, 0.1) is 17.1 Å². The number of pyridine rings is 1.